The van der Waals surface area contributed by atoms with Gasteiger partial charge in [-0.15, -0.1) is 5.10 Å². The first-order chi connectivity index (χ1) is 8.79. The summed E-state index contributed by atoms with van der Waals surface area (Å²) in [6.45, 7) is 6.36. The predicted octanol–water partition coefficient (Wildman–Crippen LogP) is 1.04. The molecule has 1 fully saturated rings. The van der Waals surface area contributed by atoms with E-state index in [1.807, 2.05) is 0 Å². The molecule has 0 radical (unpaired) electrons. The molecule has 0 aliphatic carbocycles. The van der Waals surface area contributed by atoms with E-state index in [9.17, 15) is 0 Å². The molecule has 1 N–H and O–H groups in total. The zero-order chi connectivity index (χ0) is 12.8. The Morgan fingerprint density at radius 2 is 2.39 bits per heavy atom. The van der Waals surface area contributed by atoms with Crippen molar-refractivity contribution < 1.29 is 9.15 Å². The van der Waals surface area contributed by atoms with Gasteiger partial charge in [-0.05, 0) is 18.8 Å². The highest BCUT2D eigenvalue weighted by atomic mass is 16.5. The van der Waals surface area contributed by atoms with Crippen molar-refractivity contribution in [3.63, 3.8) is 0 Å². The fourth-order valence-corrected chi connectivity index (χ4v) is 2.18. The van der Waals surface area contributed by atoms with Crippen molar-refractivity contribution in [3.8, 4) is 0 Å². The molecular formula is C12H22N4O2. The largest absolute Gasteiger partial charge is 0.407 e. The van der Waals surface area contributed by atoms with Gasteiger partial charge in [0.05, 0.1) is 13.2 Å². The standard InChI is InChI=1S/C12H22N4O2/c1-10-4-3-6-16(9-10)12-15-14-11(18-12)8-13-5-7-17-2/h10,13H,3-9H2,1-2H3. The molecule has 1 saturated heterocycles. The minimum atomic E-state index is 0.597. The highest BCUT2D eigenvalue weighted by Gasteiger charge is 2.20. The molecule has 1 aliphatic rings. The van der Waals surface area contributed by atoms with E-state index >= 15 is 0 Å². The van der Waals surface area contributed by atoms with E-state index in [0.717, 1.165) is 19.6 Å². The molecule has 6 heteroatoms. The van der Waals surface area contributed by atoms with Crippen LogP contribution in [0.3, 0.4) is 0 Å². The molecule has 0 amide bonds. The number of aromatic nitrogens is 2. The van der Waals surface area contributed by atoms with E-state index in [4.69, 9.17) is 9.15 Å². The van der Waals surface area contributed by atoms with Gasteiger partial charge in [0.1, 0.15) is 0 Å². The molecule has 1 aromatic rings. The lowest BCUT2D eigenvalue weighted by molar-refractivity contribution is 0.198. The fraction of sp³-hybridized carbons (Fsp3) is 0.833. The van der Waals surface area contributed by atoms with Gasteiger partial charge < -0.3 is 19.4 Å². The smallest absolute Gasteiger partial charge is 0.318 e. The van der Waals surface area contributed by atoms with Gasteiger partial charge in [0.2, 0.25) is 5.89 Å². The van der Waals surface area contributed by atoms with Crippen molar-refractivity contribution >= 4 is 6.01 Å². The third kappa shape index (κ3) is 3.68. The maximum Gasteiger partial charge on any atom is 0.318 e. The summed E-state index contributed by atoms with van der Waals surface area (Å²) < 4.78 is 10.6. The first kappa shape index (κ1) is 13.3. The summed E-state index contributed by atoms with van der Waals surface area (Å²) >= 11 is 0. The van der Waals surface area contributed by atoms with E-state index in [-0.39, 0.29) is 0 Å². The van der Waals surface area contributed by atoms with Gasteiger partial charge in [-0.25, -0.2) is 0 Å². The molecule has 0 aromatic carbocycles. The Labute approximate surface area is 108 Å². The zero-order valence-electron chi connectivity index (χ0n) is 11.2. The van der Waals surface area contributed by atoms with Crippen LogP contribution in [0.1, 0.15) is 25.7 Å². The normalized spacial score (nSPS) is 20.3. The number of methoxy groups -OCH3 is 1. The Morgan fingerprint density at radius 1 is 1.50 bits per heavy atom. The molecule has 0 bridgehead atoms. The molecule has 1 unspecified atom stereocenters. The van der Waals surface area contributed by atoms with Gasteiger partial charge in [0.15, 0.2) is 0 Å². The van der Waals surface area contributed by atoms with Crippen molar-refractivity contribution in [2.75, 3.05) is 38.3 Å². The highest BCUT2D eigenvalue weighted by molar-refractivity contribution is 5.24. The predicted molar refractivity (Wildman–Crippen MR) is 68.5 cm³/mol. The van der Waals surface area contributed by atoms with Crippen molar-refractivity contribution in [1.29, 1.82) is 0 Å². The molecule has 18 heavy (non-hydrogen) atoms. The number of ether oxygens (including phenoxy) is 1. The molecule has 2 heterocycles. The molecular weight excluding hydrogens is 232 g/mol. The van der Waals surface area contributed by atoms with Gasteiger partial charge in [-0.1, -0.05) is 12.0 Å². The van der Waals surface area contributed by atoms with Gasteiger partial charge >= 0.3 is 6.01 Å². The molecule has 102 valence electrons. The summed E-state index contributed by atoms with van der Waals surface area (Å²) in [4.78, 5) is 2.18. The van der Waals surface area contributed by atoms with Crippen LogP contribution in [-0.2, 0) is 11.3 Å². The lowest BCUT2D eigenvalue weighted by Gasteiger charge is -2.28. The van der Waals surface area contributed by atoms with E-state index < -0.39 is 0 Å². The third-order valence-electron chi connectivity index (χ3n) is 3.14. The van der Waals surface area contributed by atoms with E-state index in [0.29, 0.717) is 31.0 Å². The van der Waals surface area contributed by atoms with Crippen LogP contribution >= 0.6 is 0 Å². The maximum atomic E-state index is 5.65. The Morgan fingerprint density at radius 3 is 3.17 bits per heavy atom. The molecule has 0 spiro atoms. The maximum absolute atomic E-state index is 5.65. The van der Waals surface area contributed by atoms with Crippen molar-refractivity contribution in [3.05, 3.63) is 5.89 Å². The van der Waals surface area contributed by atoms with Gasteiger partial charge in [0.25, 0.3) is 0 Å². The van der Waals surface area contributed by atoms with Gasteiger partial charge in [-0.3, -0.25) is 0 Å². The second kappa shape index (κ2) is 6.70. The Bertz CT molecular complexity index is 356. The second-order valence-electron chi connectivity index (χ2n) is 4.84. The summed E-state index contributed by atoms with van der Waals surface area (Å²) in [5, 5.41) is 11.4. The molecule has 1 aliphatic heterocycles. The molecule has 1 aromatic heterocycles. The number of nitrogens with zero attached hydrogens (tertiary/aromatic N) is 3. The third-order valence-corrected chi connectivity index (χ3v) is 3.14. The number of anilines is 1. The summed E-state index contributed by atoms with van der Waals surface area (Å²) in [6.07, 6.45) is 2.49. The Balaban J connectivity index is 1.81. The van der Waals surface area contributed by atoms with Crippen molar-refractivity contribution in [2.24, 2.45) is 5.92 Å². The van der Waals surface area contributed by atoms with E-state index in [1.54, 1.807) is 7.11 Å². The van der Waals surface area contributed by atoms with E-state index in [1.165, 1.54) is 12.8 Å². The molecule has 2 rings (SSSR count). The summed E-state index contributed by atoms with van der Waals surface area (Å²) in [5.41, 5.74) is 0. The topological polar surface area (TPSA) is 63.4 Å². The highest BCUT2D eigenvalue weighted by Crippen LogP contribution is 2.21. The average Bonchev–Trinajstić information content (AvgIpc) is 2.83. The van der Waals surface area contributed by atoms with Gasteiger partial charge in [-0.2, -0.15) is 0 Å². The van der Waals surface area contributed by atoms with Crippen molar-refractivity contribution in [2.45, 2.75) is 26.3 Å². The minimum Gasteiger partial charge on any atom is -0.407 e. The zero-order valence-corrected chi connectivity index (χ0v) is 11.2. The minimum absolute atomic E-state index is 0.597. The van der Waals surface area contributed by atoms with Gasteiger partial charge in [0, 0.05) is 26.7 Å². The van der Waals surface area contributed by atoms with Crippen LogP contribution in [0, 0.1) is 5.92 Å². The van der Waals surface area contributed by atoms with Crippen LogP contribution in [-0.4, -0.2) is 43.5 Å². The fourth-order valence-electron chi connectivity index (χ4n) is 2.18. The number of hydrogen-bond donors (Lipinski definition) is 1. The van der Waals surface area contributed by atoms with Crippen LogP contribution in [0.4, 0.5) is 6.01 Å². The average molecular weight is 254 g/mol. The first-order valence-electron chi connectivity index (χ1n) is 6.56. The van der Waals surface area contributed by atoms with Crippen LogP contribution in [0.2, 0.25) is 0 Å². The second-order valence-corrected chi connectivity index (χ2v) is 4.84. The number of hydrogen-bond acceptors (Lipinski definition) is 6. The molecule has 1 atom stereocenters. The lowest BCUT2D eigenvalue weighted by Crippen LogP contribution is -2.34. The molecule has 0 saturated carbocycles. The quantitative estimate of drug-likeness (QED) is 0.765. The number of rotatable bonds is 6. The van der Waals surface area contributed by atoms with Crippen LogP contribution < -0.4 is 10.2 Å². The number of piperidine rings is 1. The Hall–Kier alpha value is -1.14. The van der Waals surface area contributed by atoms with Crippen LogP contribution in [0.5, 0.6) is 0 Å². The molecule has 6 nitrogen and oxygen atoms in total. The summed E-state index contributed by atoms with van der Waals surface area (Å²) in [7, 11) is 1.68. The van der Waals surface area contributed by atoms with E-state index in [2.05, 4.69) is 27.3 Å². The van der Waals surface area contributed by atoms with Crippen LogP contribution in [0.25, 0.3) is 0 Å². The Kier molecular flexibility index (Phi) is 4.95. The summed E-state index contributed by atoms with van der Waals surface area (Å²) in [5.74, 6) is 1.34. The summed E-state index contributed by atoms with van der Waals surface area (Å²) in [6, 6.07) is 0.657. The number of nitrogens with one attached hydrogen (secondary N) is 1. The lowest BCUT2D eigenvalue weighted by atomic mass is 10.0. The van der Waals surface area contributed by atoms with Crippen LogP contribution in [0.15, 0.2) is 4.42 Å². The first-order valence-corrected chi connectivity index (χ1v) is 6.56. The monoisotopic (exact) mass is 254 g/mol. The van der Waals surface area contributed by atoms with Crippen molar-refractivity contribution in [1.82, 2.24) is 15.5 Å². The SMILES string of the molecule is COCCNCc1nnc(N2CCCC(C)C2)o1.